The Morgan fingerprint density at radius 3 is 2.57 bits per heavy atom. The van der Waals surface area contributed by atoms with E-state index in [1.54, 1.807) is 0 Å². The van der Waals surface area contributed by atoms with Crippen LogP contribution in [0.5, 0.6) is 0 Å². The Kier molecular flexibility index (Phi) is 2.35. The third kappa shape index (κ3) is 1.38. The molecule has 2 aliphatic heterocycles. The molecule has 0 aromatic carbocycles. The lowest BCUT2D eigenvalue weighted by molar-refractivity contribution is 0.0628. The summed E-state index contributed by atoms with van der Waals surface area (Å²) in [6.45, 7) is 8.13. The molecule has 0 aromatic rings. The number of nitrogens with zero attached hydrogens (tertiary/aromatic N) is 2. The Balaban J connectivity index is 2.29. The molecule has 2 nitrogen and oxygen atoms in total. The van der Waals surface area contributed by atoms with E-state index < -0.39 is 0 Å². The van der Waals surface area contributed by atoms with Gasteiger partial charge in [0.05, 0.1) is 17.2 Å². The van der Waals surface area contributed by atoms with Crippen LogP contribution in [0, 0.1) is 5.41 Å². The maximum atomic E-state index is 5.51. The molecule has 0 amide bonds. The van der Waals surface area contributed by atoms with Crippen LogP contribution < -0.4 is 0 Å². The van der Waals surface area contributed by atoms with E-state index >= 15 is 0 Å². The predicted molar refractivity (Wildman–Crippen MR) is 63.3 cm³/mol. The van der Waals surface area contributed by atoms with E-state index in [1.807, 2.05) is 0 Å². The molecule has 2 rings (SSSR count). The van der Waals surface area contributed by atoms with Gasteiger partial charge in [-0.05, 0) is 18.3 Å². The van der Waals surface area contributed by atoms with Crippen molar-refractivity contribution in [1.29, 1.82) is 0 Å². The average Bonchev–Trinajstić information content (AvgIpc) is 2.55. The Bertz CT molecular complexity index is 257. The van der Waals surface area contributed by atoms with Gasteiger partial charge < -0.3 is 4.90 Å². The topological polar surface area (TPSA) is 6.48 Å². The molecule has 80 valence electrons. The molecule has 0 unspecified atom stereocenters. The molecule has 0 aliphatic carbocycles. The molecule has 2 saturated heterocycles. The van der Waals surface area contributed by atoms with Crippen molar-refractivity contribution in [2.75, 3.05) is 13.6 Å². The van der Waals surface area contributed by atoms with Crippen molar-refractivity contribution in [3.63, 3.8) is 0 Å². The summed E-state index contributed by atoms with van der Waals surface area (Å²) in [6, 6.07) is 0.555. The summed E-state index contributed by atoms with van der Waals surface area (Å²) in [6.07, 6.45) is 3.07. The standard InChI is InChI=1S/C11H20N2S/c1-11(2,3)10-12(4)9(14)8-6-5-7-13(8)10/h8,10H,5-7H2,1-4H3/t8-,10-/m0/s1. The Labute approximate surface area is 92.3 Å². The zero-order valence-electron chi connectivity index (χ0n) is 9.58. The number of hydrogen-bond donors (Lipinski definition) is 0. The van der Waals surface area contributed by atoms with Crippen LogP contribution in [0.25, 0.3) is 0 Å². The Morgan fingerprint density at radius 2 is 2.00 bits per heavy atom. The summed E-state index contributed by atoms with van der Waals surface area (Å²) in [5.74, 6) is 0. The predicted octanol–water partition coefficient (Wildman–Crippen LogP) is 2.10. The van der Waals surface area contributed by atoms with Gasteiger partial charge in [0.15, 0.2) is 0 Å². The molecule has 0 bridgehead atoms. The number of fused-ring (bicyclic) bond motifs is 1. The second-order valence-corrected chi connectivity index (χ2v) is 6.00. The summed E-state index contributed by atoms with van der Waals surface area (Å²) < 4.78 is 0. The molecule has 0 saturated carbocycles. The van der Waals surface area contributed by atoms with Crippen molar-refractivity contribution < 1.29 is 0 Å². The van der Waals surface area contributed by atoms with Crippen molar-refractivity contribution in [1.82, 2.24) is 9.80 Å². The highest BCUT2D eigenvalue weighted by Crippen LogP contribution is 2.38. The number of hydrogen-bond acceptors (Lipinski definition) is 2. The van der Waals surface area contributed by atoms with Gasteiger partial charge in [0.25, 0.3) is 0 Å². The maximum absolute atomic E-state index is 5.51. The highest BCUT2D eigenvalue weighted by atomic mass is 32.1. The first-order chi connectivity index (χ1) is 6.43. The highest BCUT2D eigenvalue weighted by molar-refractivity contribution is 7.80. The smallest absolute Gasteiger partial charge is 0.0964 e. The lowest BCUT2D eigenvalue weighted by Crippen LogP contribution is -2.46. The van der Waals surface area contributed by atoms with Crippen molar-refractivity contribution in [3.05, 3.63) is 0 Å². The molecule has 2 heterocycles. The monoisotopic (exact) mass is 212 g/mol. The number of rotatable bonds is 0. The first kappa shape index (κ1) is 10.4. The largest absolute Gasteiger partial charge is 0.352 e. The maximum Gasteiger partial charge on any atom is 0.0964 e. The van der Waals surface area contributed by atoms with E-state index in [1.165, 1.54) is 19.4 Å². The van der Waals surface area contributed by atoms with Gasteiger partial charge in [-0.25, -0.2) is 0 Å². The fraction of sp³-hybridized carbons (Fsp3) is 0.909. The van der Waals surface area contributed by atoms with Gasteiger partial charge in [0, 0.05) is 13.6 Å². The molecule has 2 fully saturated rings. The van der Waals surface area contributed by atoms with Gasteiger partial charge in [0.1, 0.15) is 0 Å². The molecule has 2 atom stereocenters. The van der Waals surface area contributed by atoms with Crippen LogP contribution in [-0.2, 0) is 0 Å². The minimum Gasteiger partial charge on any atom is -0.352 e. The number of likely N-dealkylation sites (N-methyl/N-ethyl adjacent to an activating group) is 1. The fourth-order valence-corrected chi connectivity index (χ4v) is 3.36. The summed E-state index contributed by atoms with van der Waals surface area (Å²) in [4.78, 5) is 6.05. The molecule has 0 aromatic heterocycles. The highest BCUT2D eigenvalue weighted by Gasteiger charge is 2.48. The van der Waals surface area contributed by atoms with Crippen LogP contribution in [0.4, 0.5) is 0 Å². The van der Waals surface area contributed by atoms with Gasteiger partial charge >= 0.3 is 0 Å². The quantitative estimate of drug-likeness (QED) is 0.568. The molecular formula is C11H20N2S. The second kappa shape index (κ2) is 3.17. The van der Waals surface area contributed by atoms with Crippen LogP contribution in [0.15, 0.2) is 0 Å². The normalized spacial score (nSPS) is 34.0. The lowest BCUT2D eigenvalue weighted by Gasteiger charge is -2.38. The summed E-state index contributed by atoms with van der Waals surface area (Å²) in [5, 5.41) is 0. The van der Waals surface area contributed by atoms with E-state index in [4.69, 9.17) is 12.2 Å². The fourth-order valence-electron chi connectivity index (χ4n) is 3.00. The number of thiocarbonyl (C=S) groups is 1. The SMILES string of the molecule is CN1C(=S)[C@@H]2CCCN2[C@H]1C(C)(C)C. The minimum atomic E-state index is 0.290. The molecule has 0 radical (unpaired) electrons. The zero-order valence-corrected chi connectivity index (χ0v) is 10.4. The van der Waals surface area contributed by atoms with Gasteiger partial charge in [-0.1, -0.05) is 33.0 Å². The van der Waals surface area contributed by atoms with Crippen molar-refractivity contribution in [3.8, 4) is 0 Å². The zero-order chi connectivity index (χ0) is 10.5. The third-order valence-corrected chi connectivity index (χ3v) is 3.94. The second-order valence-electron chi connectivity index (χ2n) is 5.58. The van der Waals surface area contributed by atoms with E-state index in [9.17, 15) is 0 Å². The van der Waals surface area contributed by atoms with Gasteiger partial charge in [-0.3, -0.25) is 4.90 Å². The van der Waals surface area contributed by atoms with Crippen molar-refractivity contribution in [2.24, 2.45) is 5.41 Å². The van der Waals surface area contributed by atoms with Crippen LogP contribution in [0.2, 0.25) is 0 Å². The van der Waals surface area contributed by atoms with Crippen LogP contribution >= 0.6 is 12.2 Å². The van der Waals surface area contributed by atoms with Crippen molar-refractivity contribution >= 4 is 17.2 Å². The van der Waals surface area contributed by atoms with Crippen LogP contribution in [-0.4, -0.2) is 40.6 Å². The third-order valence-electron chi connectivity index (χ3n) is 3.38. The van der Waals surface area contributed by atoms with Gasteiger partial charge in [0.2, 0.25) is 0 Å². The Morgan fingerprint density at radius 1 is 1.36 bits per heavy atom. The minimum absolute atomic E-state index is 0.290. The van der Waals surface area contributed by atoms with E-state index in [2.05, 4.69) is 37.6 Å². The van der Waals surface area contributed by atoms with E-state index in [0.717, 1.165) is 4.99 Å². The first-order valence-electron chi connectivity index (χ1n) is 5.45. The van der Waals surface area contributed by atoms with Gasteiger partial charge in [-0.15, -0.1) is 0 Å². The molecule has 0 N–H and O–H groups in total. The summed E-state index contributed by atoms with van der Waals surface area (Å²) in [7, 11) is 2.15. The van der Waals surface area contributed by atoms with Crippen LogP contribution in [0.1, 0.15) is 33.6 Å². The first-order valence-corrected chi connectivity index (χ1v) is 5.86. The summed E-state index contributed by atoms with van der Waals surface area (Å²) in [5.41, 5.74) is 0.290. The van der Waals surface area contributed by atoms with Crippen LogP contribution in [0.3, 0.4) is 0 Å². The molecule has 2 aliphatic rings. The molecule has 14 heavy (non-hydrogen) atoms. The lowest BCUT2D eigenvalue weighted by atomic mass is 9.91. The van der Waals surface area contributed by atoms with E-state index in [0.29, 0.717) is 12.2 Å². The van der Waals surface area contributed by atoms with Gasteiger partial charge in [-0.2, -0.15) is 0 Å². The molecular weight excluding hydrogens is 192 g/mol. The average molecular weight is 212 g/mol. The summed E-state index contributed by atoms with van der Waals surface area (Å²) >= 11 is 5.51. The molecule has 0 spiro atoms. The van der Waals surface area contributed by atoms with Crippen molar-refractivity contribution in [2.45, 2.75) is 45.8 Å². The Hall–Kier alpha value is -0.150. The molecule has 3 heteroatoms. The van der Waals surface area contributed by atoms with E-state index in [-0.39, 0.29) is 5.41 Å².